The van der Waals surface area contributed by atoms with Gasteiger partial charge in [-0.15, -0.1) is 0 Å². The van der Waals surface area contributed by atoms with Gasteiger partial charge in [-0.2, -0.15) is 0 Å². The van der Waals surface area contributed by atoms with E-state index in [0.29, 0.717) is 0 Å². The predicted octanol–water partition coefficient (Wildman–Crippen LogP) is 2.34. The summed E-state index contributed by atoms with van der Waals surface area (Å²) in [5.41, 5.74) is 1.86. The minimum atomic E-state index is -0.658. The Kier molecular flexibility index (Phi) is 6.29. The lowest BCUT2D eigenvalue weighted by Gasteiger charge is -2.13. The maximum absolute atomic E-state index is 11.6. The number of hydrogen-bond acceptors (Lipinski definition) is 3. The van der Waals surface area contributed by atoms with Crippen molar-refractivity contribution in [3.63, 3.8) is 0 Å². The van der Waals surface area contributed by atoms with Crippen LogP contribution < -0.4 is 10.6 Å². The van der Waals surface area contributed by atoms with Gasteiger partial charge in [-0.25, -0.2) is 4.79 Å². The Bertz CT molecular complexity index is 479. The molecule has 0 spiro atoms. The molecule has 2 N–H and O–H groups in total. The van der Waals surface area contributed by atoms with Crippen LogP contribution in [0.2, 0.25) is 0 Å². The second-order valence-corrected chi connectivity index (χ2v) is 4.66. The van der Waals surface area contributed by atoms with E-state index in [1.807, 2.05) is 44.2 Å². The minimum absolute atomic E-state index is 0.176. The number of nitrogens with one attached hydrogen (secondary N) is 2. The van der Waals surface area contributed by atoms with Crippen LogP contribution >= 0.6 is 0 Å². The first-order chi connectivity index (χ1) is 9.49. The van der Waals surface area contributed by atoms with Gasteiger partial charge in [0.25, 0.3) is 0 Å². The third-order valence-electron chi connectivity index (χ3n) is 2.44. The number of benzene rings is 1. The highest BCUT2D eigenvalue weighted by molar-refractivity contribution is 5.85. The van der Waals surface area contributed by atoms with Gasteiger partial charge < -0.3 is 15.4 Å². The third-order valence-corrected chi connectivity index (χ3v) is 2.44. The summed E-state index contributed by atoms with van der Waals surface area (Å²) < 4.78 is 5.03. The van der Waals surface area contributed by atoms with E-state index in [-0.39, 0.29) is 12.5 Å². The van der Waals surface area contributed by atoms with E-state index in [1.165, 1.54) is 0 Å². The largest absolute Gasteiger partial charge is 0.445 e. The van der Waals surface area contributed by atoms with E-state index in [0.717, 1.165) is 11.1 Å². The molecule has 0 aliphatic rings. The number of rotatable bonds is 5. The Balaban J connectivity index is 2.34. The van der Waals surface area contributed by atoms with Crippen molar-refractivity contribution in [2.75, 3.05) is 0 Å². The van der Waals surface area contributed by atoms with Crippen LogP contribution in [-0.2, 0) is 16.1 Å². The molecule has 5 heteroatoms. The van der Waals surface area contributed by atoms with Crippen LogP contribution in [0.15, 0.2) is 42.1 Å². The van der Waals surface area contributed by atoms with Crippen molar-refractivity contribution in [3.8, 4) is 0 Å². The molecule has 1 aromatic rings. The van der Waals surface area contributed by atoms with Crippen molar-refractivity contribution in [2.45, 2.75) is 33.4 Å². The Morgan fingerprint density at radius 3 is 2.50 bits per heavy atom. The number of carbonyl (C=O) groups excluding carboxylic acids is 2. The van der Waals surface area contributed by atoms with Crippen LogP contribution in [0.4, 0.5) is 4.79 Å². The van der Waals surface area contributed by atoms with Gasteiger partial charge in [-0.3, -0.25) is 4.79 Å². The quantitative estimate of drug-likeness (QED) is 0.867. The summed E-state index contributed by atoms with van der Waals surface area (Å²) >= 11 is 0. The van der Waals surface area contributed by atoms with Gasteiger partial charge in [0.2, 0.25) is 5.91 Å². The molecule has 1 atom stereocenters. The molecule has 1 aromatic carbocycles. The zero-order valence-corrected chi connectivity index (χ0v) is 12.0. The van der Waals surface area contributed by atoms with Crippen molar-refractivity contribution < 1.29 is 14.3 Å². The van der Waals surface area contributed by atoms with Crippen molar-refractivity contribution in [3.05, 3.63) is 47.7 Å². The van der Waals surface area contributed by atoms with Crippen LogP contribution in [-0.4, -0.2) is 18.0 Å². The molecule has 20 heavy (non-hydrogen) atoms. The summed E-state index contributed by atoms with van der Waals surface area (Å²) in [4.78, 5) is 23.2. The molecule has 0 aliphatic heterocycles. The van der Waals surface area contributed by atoms with Crippen LogP contribution in [0.5, 0.6) is 0 Å². The summed E-state index contributed by atoms with van der Waals surface area (Å²) in [7, 11) is 0. The highest BCUT2D eigenvalue weighted by atomic mass is 16.5. The number of amides is 2. The predicted molar refractivity (Wildman–Crippen MR) is 76.8 cm³/mol. The normalized spacial score (nSPS) is 11.2. The molecule has 0 saturated heterocycles. The number of hydrogen-bond donors (Lipinski definition) is 2. The Morgan fingerprint density at radius 1 is 1.25 bits per heavy atom. The van der Waals surface area contributed by atoms with E-state index in [4.69, 9.17) is 4.74 Å². The molecule has 0 radical (unpaired) electrons. The van der Waals surface area contributed by atoms with Gasteiger partial charge in [0.1, 0.15) is 12.6 Å². The van der Waals surface area contributed by atoms with Crippen LogP contribution in [0, 0.1) is 0 Å². The number of ether oxygens (including phenoxy) is 1. The molecule has 1 rings (SSSR count). The van der Waals surface area contributed by atoms with Gasteiger partial charge in [0, 0.05) is 6.20 Å². The summed E-state index contributed by atoms with van der Waals surface area (Å²) in [5, 5.41) is 5.06. The third kappa shape index (κ3) is 6.04. The van der Waals surface area contributed by atoms with Crippen LogP contribution in [0.1, 0.15) is 26.3 Å². The molecular formula is C15H20N2O3. The zero-order valence-electron chi connectivity index (χ0n) is 12.0. The van der Waals surface area contributed by atoms with E-state index in [2.05, 4.69) is 10.6 Å². The molecule has 0 bridgehead atoms. The lowest BCUT2D eigenvalue weighted by molar-refractivity contribution is -0.121. The second kappa shape index (κ2) is 7.99. The first kappa shape index (κ1) is 15.8. The average molecular weight is 276 g/mol. The number of alkyl carbamates (subject to hydrolysis) is 1. The topological polar surface area (TPSA) is 67.4 Å². The van der Waals surface area contributed by atoms with Crippen molar-refractivity contribution >= 4 is 12.0 Å². The number of allylic oxidation sites excluding steroid dienone is 1. The van der Waals surface area contributed by atoms with E-state index in [9.17, 15) is 9.59 Å². The van der Waals surface area contributed by atoms with Gasteiger partial charge in [-0.05, 0) is 26.3 Å². The lowest BCUT2D eigenvalue weighted by atomic mass is 10.2. The van der Waals surface area contributed by atoms with Gasteiger partial charge in [0.15, 0.2) is 0 Å². The molecule has 2 amide bonds. The fourth-order valence-corrected chi connectivity index (χ4v) is 1.35. The first-order valence-electron chi connectivity index (χ1n) is 6.40. The highest BCUT2D eigenvalue weighted by Gasteiger charge is 2.15. The molecule has 0 aliphatic carbocycles. The second-order valence-electron chi connectivity index (χ2n) is 4.66. The van der Waals surface area contributed by atoms with Crippen molar-refractivity contribution in [1.82, 2.24) is 10.6 Å². The standard InChI is InChI=1S/C15H20N2O3/c1-11(2)9-16-14(18)12(3)17-15(19)20-10-13-7-5-4-6-8-13/h4-9,12H,10H2,1-3H3,(H,16,18)(H,17,19)/t12-/m0/s1. The van der Waals surface area contributed by atoms with Crippen LogP contribution in [0.3, 0.4) is 0 Å². The smallest absolute Gasteiger partial charge is 0.408 e. The van der Waals surface area contributed by atoms with Gasteiger partial charge in [0.05, 0.1) is 0 Å². The first-order valence-corrected chi connectivity index (χ1v) is 6.40. The van der Waals surface area contributed by atoms with E-state index < -0.39 is 12.1 Å². The maximum Gasteiger partial charge on any atom is 0.408 e. The highest BCUT2D eigenvalue weighted by Crippen LogP contribution is 2.00. The maximum atomic E-state index is 11.6. The van der Waals surface area contributed by atoms with Gasteiger partial charge in [-0.1, -0.05) is 35.9 Å². The monoisotopic (exact) mass is 276 g/mol. The summed E-state index contributed by atoms with van der Waals surface area (Å²) in [6, 6.07) is 8.68. The van der Waals surface area contributed by atoms with Crippen molar-refractivity contribution in [1.29, 1.82) is 0 Å². The fourth-order valence-electron chi connectivity index (χ4n) is 1.35. The molecule has 0 heterocycles. The summed E-state index contributed by atoms with van der Waals surface area (Å²) in [5.74, 6) is -0.289. The van der Waals surface area contributed by atoms with Crippen LogP contribution in [0.25, 0.3) is 0 Å². The van der Waals surface area contributed by atoms with Crippen molar-refractivity contribution in [2.24, 2.45) is 0 Å². The lowest BCUT2D eigenvalue weighted by Crippen LogP contribution is -2.43. The average Bonchev–Trinajstić information content (AvgIpc) is 2.43. The minimum Gasteiger partial charge on any atom is -0.445 e. The molecule has 5 nitrogen and oxygen atoms in total. The molecule has 0 aromatic heterocycles. The number of carbonyl (C=O) groups is 2. The van der Waals surface area contributed by atoms with E-state index in [1.54, 1.807) is 13.1 Å². The van der Waals surface area contributed by atoms with Gasteiger partial charge >= 0.3 is 6.09 Å². The molecule has 0 saturated carbocycles. The zero-order chi connectivity index (χ0) is 15.0. The fraction of sp³-hybridized carbons (Fsp3) is 0.333. The molecule has 0 fully saturated rings. The van der Waals surface area contributed by atoms with E-state index >= 15 is 0 Å². The Morgan fingerprint density at radius 2 is 1.90 bits per heavy atom. The molecule has 108 valence electrons. The summed E-state index contributed by atoms with van der Waals surface area (Å²) in [6.45, 7) is 5.51. The summed E-state index contributed by atoms with van der Waals surface area (Å²) in [6.07, 6.45) is 0.976. The molecule has 0 unspecified atom stereocenters. The SMILES string of the molecule is CC(C)=CNC(=O)[C@H](C)NC(=O)OCc1ccccc1. The Labute approximate surface area is 119 Å². The molecular weight excluding hydrogens is 256 g/mol. The Hall–Kier alpha value is -2.30.